The lowest BCUT2D eigenvalue weighted by molar-refractivity contribution is -0.137. The van der Waals surface area contributed by atoms with Crippen LogP contribution in [0.5, 0.6) is 0 Å². The molecule has 332 valence electrons. The second-order valence-electron chi connectivity index (χ2n) is 18.9. The van der Waals surface area contributed by atoms with E-state index in [-0.39, 0.29) is 18.2 Å². The Balaban J connectivity index is 2.49. The maximum Gasteiger partial charge on any atom is 0.303 e. The summed E-state index contributed by atoms with van der Waals surface area (Å²) in [4.78, 5) is 37.5. The number of carboxylic acid groups (broad SMARTS) is 1. The number of hydrogen-bond donors (Lipinski definition) is 2. The molecule has 57 heavy (non-hydrogen) atoms. The Morgan fingerprint density at radius 3 is 1.26 bits per heavy atom. The number of carbonyl (C=O) groups is 3. The van der Waals surface area contributed by atoms with Crippen LogP contribution in [-0.2, 0) is 14.4 Å². The van der Waals surface area contributed by atoms with Crippen LogP contribution in [0.3, 0.4) is 0 Å². The summed E-state index contributed by atoms with van der Waals surface area (Å²) in [5.41, 5.74) is -0.112. The third kappa shape index (κ3) is 29.9. The van der Waals surface area contributed by atoms with Crippen LogP contribution < -0.4 is 5.32 Å². The van der Waals surface area contributed by atoms with Crippen molar-refractivity contribution < 1.29 is 19.5 Å². The van der Waals surface area contributed by atoms with Gasteiger partial charge in [-0.25, -0.2) is 0 Å². The number of nitrogens with one attached hydrogen (secondary N) is 1. The van der Waals surface area contributed by atoms with Crippen molar-refractivity contribution in [1.29, 1.82) is 0 Å². The van der Waals surface area contributed by atoms with Gasteiger partial charge in [0.1, 0.15) is 0 Å². The van der Waals surface area contributed by atoms with E-state index in [1.165, 1.54) is 161 Å². The van der Waals surface area contributed by atoms with Crippen LogP contribution in [0.1, 0.15) is 272 Å². The summed E-state index contributed by atoms with van der Waals surface area (Å²) in [5, 5.41) is 11.5. The molecule has 0 saturated carbocycles. The molecular formula is C52H95NO4. The maximum absolute atomic E-state index is 13.6. The van der Waals surface area contributed by atoms with Gasteiger partial charge in [-0.05, 0) is 50.4 Å². The number of imide groups is 1. The van der Waals surface area contributed by atoms with E-state index in [4.69, 9.17) is 5.11 Å². The Kier molecular flexibility index (Phi) is 34.6. The molecule has 2 amide bonds. The van der Waals surface area contributed by atoms with Crippen LogP contribution in [0.2, 0.25) is 0 Å². The minimum absolute atomic E-state index is 0.119. The van der Waals surface area contributed by atoms with Crippen LogP contribution >= 0.6 is 0 Å². The first kappa shape index (κ1) is 53.1. The van der Waals surface area contributed by atoms with Gasteiger partial charge in [0.25, 0.3) is 5.91 Å². The highest BCUT2D eigenvalue weighted by atomic mass is 16.4. The number of allylic oxidation sites excluding steroid dienone is 2. The molecular weight excluding hydrogens is 703 g/mol. The lowest BCUT2D eigenvalue weighted by Gasteiger charge is -2.23. The Labute approximate surface area is 354 Å². The average Bonchev–Trinajstić information content (AvgIpc) is 3.40. The SMILES string of the molecule is CC(C)CCCCCCCCCCCCCC=CC1(CCCCCCCCCCCC(=O)O)C(=O)NC(=O)C1=CCCCCCCCCCCCCCCC(C)C. The largest absolute Gasteiger partial charge is 0.481 e. The van der Waals surface area contributed by atoms with Gasteiger partial charge in [-0.15, -0.1) is 0 Å². The number of carbonyl (C=O) groups excluding carboxylic acids is 2. The van der Waals surface area contributed by atoms with Crippen molar-refractivity contribution in [2.75, 3.05) is 0 Å². The Morgan fingerprint density at radius 1 is 0.509 bits per heavy atom. The summed E-state index contributed by atoms with van der Waals surface area (Å²) in [6.45, 7) is 9.29. The number of hydrogen-bond acceptors (Lipinski definition) is 3. The van der Waals surface area contributed by atoms with E-state index < -0.39 is 11.4 Å². The lowest BCUT2D eigenvalue weighted by Crippen LogP contribution is -2.30. The number of amides is 2. The van der Waals surface area contributed by atoms with E-state index in [0.717, 1.165) is 82.5 Å². The van der Waals surface area contributed by atoms with E-state index in [0.29, 0.717) is 12.0 Å². The molecule has 1 rings (SSSR count). The summed E-state index contributed by atoms with van der Waals surface area (Å²) in [7, 11) is 0. The first-order chi connectivity index (χ1) is 27.7. The van der Waals surface area contributed by atoms with Gasteiger partial charge in [0.05, 0.1) is 5.41 Å². The maximum atomic E-state index is 13.6. The van der Waals surface area contributed by atoms with Gasteiger partial charge < -0.3 is 5.11 Å². The molecule has 1 saturated heterocycles. The highest BCUT2D eigenvalue weighted by molar-refractivity contribution is 6.18. The first-order valence-corrected chi connectivity index (χ1v) is 25.1. The number of aliphatic carboxylic acids is 1. The van der Waals surface area contributed by atoms with Crippen LogP contribution in [0.4, 0.5) is 0 Å². The van der Waals surface area contributed by atoms with Crippen LogP contribution in [0.15, 0.2) is 23.8 Å². The zero-order valence-corrected chi connectivity index (χ0v) is 38.4. The van der Waals surface area contributed by atoms with Crippen LogP contribution in [0.25, 0.3) is 0 Å². The van der Waals surface area contributed by atoms with E-state index in [1.54, 1.807) is 0 Å². The quantitative estimate of drug-likeness (QED) is 0.0279. The fraction of sp³-hybridized carbons (Fsp3) is 0.865. The molecule has 0 aromatic heterocycles. The fourth-order valence-electron chi connectivity index (χ4n) is 8.70. The van der Waals surface area contributed by atoms with E-state index in [2.05, 4.69) is 51.2 Å². The van der Waals surface area contributed by atoms with Gasteiger partial charge in [-0.1, -0.05) is 245 Å². The van der Waals surface area contributed by atoms with Gasteiger partial charge in [0, 0.05) is 12.0 Å². The molecule has 1 fully saturated rings. The predicted molar refractivity (Wildman–Crippen MR) is 246 cm³/mol. The predicted octanol–water partition coefficient (Wildman–Crippen LogP) is 16.3. The minimum atomic E-state index is -0.815. The van der Waals surface area contributed by atoms with Gasteiger partial charge in [0.2, 0.25) is 5.91 Å². The molecule has 1 unspecified atom stereocenters. The highest BCUT2D eigenvalue weighted by Crippen LogP contribution is 2.41. The molecule has 1 atom stereocenters. The summed E-state index contributed by atoms with van der Waals surface area (Å²) in [5.74, 6) is 0.690. The van der Waals surface area contributed by atoms with E-state index in [9.17, 15) is 14.4 Å². The summed E-state index contributed by atoms with van der Waals surface area (Å²) < 4.78 is 0. The molecule has 0 aromatic carbocycles. The van der Waals surface area contributed by atoms with Crippen molar-refractivity contribution in [3.05, 3.63) is 23.8 Å². The molecule has 0 radical (unpaired) electrons. The molecule has 1 heterocycles. The molecule has 1 aliphatic heterocycles. The van der Waals surface area contributed by atoms with Crippen molar-refractivity contribution in [3.63, 3.8) is 0 Å². The third-order valence-electron chi connectivity index (χ3n) is 12.5. The smallest absolute Gasteiger partial charge is 0.303 e. The molecule has 5 heteroatoms. The minimum Gasteiger partial charge on any atom is -0.481 e. The van der Waals surface area contributed by atoms with Crippen molar-refractivity contribution in [2.24, 2.45) is 17.3 Å². The van der Waals surface area contributed by atoms with Crippen molar-refractivity contribution >= 4 is 17.8 Å². The number of rotatable bonds is 42. The zero-order chi connectivity index (χ0) is 41.7. The fourth-order valence-corrected chi connectivity index (χ4v) is 8.70. The van der Waals surface area contributed by atoms with Gasteiger partial charge in [-0.3, -0.25) is 19.7 Å². The summed E-state index contributed by atoms with van der Waals surface area (Å²) in [6, 6.07) is 0. The topological polar surface area (TPSA) is 83.5 Å². The lowest BCUT2D eigenvalue weighted by atomic mass is 9.76. The molecule has 0 aliphatic carbocycles. The summed E-state index contributed by atoms with van der Waals surface area (Å²) in [6.07, 6.45) is 52.2. The van der Waals surface area contributed by atoms with Crippen molar-refractivity contribution in [1.82, 2.24) is 5.32 Å². The molecule has 5 nitrogen and oxygen atoms in total. The van der Waals surface area contributed by atoms with Crippen molar-refractivity contribution in [2.45, 2.75) is 272 Å². The van der Waals surface area contributed by atoms with Gasteiger partial charge >= 0.3 is 5.97 Å². The molecule has 1 aliphatic rings. The van der Waals surface area contributed by atoms with E-state index >= 15 is 0 Å². The molecule has 2 N–H and O–H groups in total. The molecule has 0 bridgehead atoms. The van der Waals surface area contributed by atoms with Gasteiger partial charge in [0.15, 0.2) is 0 Å². The van der Waals surface area contributed by atoms with Crippen LogP contribution in [0, 0.1) is 17.3 Å². The summed E-state index contributed by atoms with van der Waals surface area (Å²) >= 11 is 0. The van der Waals surface area contributed by atoms with Crippen molar-refractivity contribution in [3.8, 4) is 0 Å². The molecule has 0 aromatic rings. The Bertz CT molecular complexity index is 1040. The normalized spacial score (nSPS) is 16.6. The zero-order valence-electron chi connectivity index (χ0n) is 38.4. The standard InChI is InChI=1S/C52H95NO4/c1-46(2)40-34-28-22-16-11-7-5-9-13-18-24-30-36-42-48-50(56)53-51(57)52(48,45-39-33-27-21-15-19-25-31-37-43-49(54)55)44-38-32-26-20-14-10-6-8-12-17-23-29-35-41-47(3)4/h38,42,44,46-47H,5-37,39-41,43,45H2,1-4H3,(H,54,55)(H,53,56,57). The van der Waals surface area contributed by atoms with Gasteiger partial charge in [-0.2, -0.15) is 0 Å². The van der Waals surface area contributed by atoms with Crippen LogP contribution in [-0.4, -0.2) is 22.9 Å². The number of unbranched alkanes of at least 4 members (excludes halogenated alkanes) is 31. The second-order valence-corrected chi connectivity index (χ2v) is 18.9. The Hall–Kier alpha value is -1.91. The first-order valence-electron chi connectivity index (χ1n) is 25.1. The molecule has 0 spiro atoms. The third-order valence-corrected chi connectivity index (χ3v) is 12.5. The number of carboxylic acids is 1. The average molecular weight is 798 g/mol. The highest BCUT2D eigenvalue weighted by Gasteiger charge is 2.48. The monoisotopic (exact) mass is 798 g/mol. The Morgan fingerprint density at radius 2 is 0.860 bits per heavy atom. The van der Waals surface area contributed by atoms with E-state index in [1.807, 2.05) is 0 Å². The second kappa shape index (κ2) is 37.1.